The highest BCUT2D eigenvalue weighted by molar-refractivity contribution is 8.15. The van der Waals surface area contributed by atoms with E-state index in [-0.39, 0.29) is 11.2 Å². The lowest BCUT2D eigenvalue weighted by molar-refractivity contribution is -0.119. The lowest BCUT2D eigenvalue weighted by Crippen LogP contribution is -2.26. The van der Waals surface area contributed by atoms with Gasteiger partial charge in [0.1, 0.15) is 0 Å². The third-order valence-electron chi connectivity index (χ3n) is 1.75. The first-order valence-electron chi connectivity index (χ1n) is 4.72. The van der Waals surface area contributed by atoms with Crippen LogP contribution in [0, 0.1) is 5.92 Å². The number of hydrazone groups is 1. The van der Waals surface area contributed by atoms with Gasteiger partial charge in [0.25, 0.3) is 0 Å². The van der Waals surface area contributed by atoms with E-state index in [0.29, 0.717) is 11.1 Å². The quantitative estimate of drug-likeness (QED) is 0.717. The second-order valence-corrected chi connectivity index (χ2v) is 5.17. The Hall–Kier alpha value is -0.710. The summed E-state index contributed by atoms with van der Waals surface area (Å²) in [5, 5.41) is 9.38. The molecule has 1 saturated heterocycles. The molecule has 1 atom stereocenters. The molecule has 0 aliphatic carbocycles. The van der Waals surface area contributed by atoms with E-state index in [0.717, 1.165) is 6.42 Å². The van der Waals surface area contributed by atoms with Crippen molar-refractivity contribution in [1.29, 1.82) is 0 Å². The summed E-state index contributed by atoms with van der Waals surface area (Å²) in [4.78, 5) is 11.5. The molecule has 1 heterocycles. The number of hydrogen-bond acceptors (Lipinski definition) is 4. The van der Waals surface area contributed by atoms with Crippen LogP contribution in [0.4, 0.5) is 0 Å². The zero-order chi connectivity index (χ0) is 10.7. The SMILES string of the molecule is CC(C)CC1S/C(=N\N(C)C)NC1=O. The predicted octanol–water partition coefficient (Wildman–Crippen LogP) is 1.10. The number of amides is 1. The number of amidine groups is 1. The van der Waals surface area contributed by atoms with E-state index in [1.807, 2.05) is 14.1 Å². The number of nitrogens with one attached hydrogen (secondary N) is 1. The number of carbonyl (C=O) groups excluding carboxylic acids is 1. The van der Waals surface area contributed by atoms with Gasteiger partial charge in [-0.1, -0.05) is 25.6 Å². The Morgan fingerprint density at radius 3 is 2.71 bits per heavy atom. The molecule has 0 aromatic rings. The van der Waals surface area contributed by atoms with E-state index in [1.54, 1.807) is 5.01 Å². The highest BCUT2D eigenvalue weighted by Crippen LogP contribution is 2.25. The van der Waals surface area contributed by atoms with Crippen molar-refractivity contribution in [3.63, 3.8) is 0 Å². The third-order valence-corrected chi connectivity index (χ3v) is 2.85. The number of thioether (sulfide) groups is 1. The minimum Gasteiger partial charge on any atom is -0.303 e. The van der Waals surface area contributed by atoms with Gasteiger partial charge >= 0.3 is 0 Å². The van der Waals surface area contributed by atoms with Crippen LogP contribution in [0.2, 0.25) is 0 Å². The van der Waals surface area contributed by atoms with Gasteiger partial charge in [0.15, 0.2) is 5.17 Å². The Bertz CT molecular complexity index is 250. The lowest BCUT2D eigenvalue weighted by atomic mass is 10.1. The Morgan fingerprint density at radius 2 is 2.21 bits per heavy atom. The number of hydrogen-bond donors (Lipinski definition) is 1. The molecule has 14 heavy (non-hydrogen) atoms. The summed E-state index contributed by atoms with van der Waals surface area (Å²) in [7, 11) is 3.69. The van der Waals surface area contributed by atoms with Crippen molar-refractivity contribution in [2.24, 2.45) is 11.0 Å². The molecule has 0 aromatic carbocycles. The minimum atomic E-state index is 0.0358. The first-order chi connectivity index (χ1) is 6.49. The second-order valence-electron chi connectivity index (χ2n) is 3.98. The number of nitrogens with zero attached hydrogens (tertiary/aromatic N) is 2. The maximum absolute atomic E-state index is 11.5. The van der Waals surface area contributed by atoms with Crippen LogP contribution in [-0.4, -0.2) is 35.4 Å². The van der Waals surface area contributed by atoms with Crippen LogP contribution in [-0.2, 0) is 4.79 Å². The maximum Gasteiger partial charge on any atom is 0.239 e. The number of carbonyl (C=O) groups is 1. The monoisotopic (exact) mass is 215 g/mol. The van der Waals surface area contributed by atoms with Crippen LogP contribution in [0.15, 0.2) is 5.10 Å². The highest BCUT2D eigenvalue weighted by atomic mass is 32.2. The fourth-order valence-electron chi connectivity index (χ4n) is 1.22. The molecule has 1 fully saturated rings. The van der Waals surface area contributed by atoms with E-state index in [2.05, 4.69) is 24.3 Å². The van der Waals surface area contributed by atoms with E-state index < -0.39 is 0 Å². The van der Waals surface area contributed by atoms with E-state index in [4.69, 9.17) is 0 Å². The van der Waals surface area contributed by atoms with Gasteiger partial charge < -0.3 is 10.3 Å². The zero-order valence-corrected chi connectivity index (χ0v) is 9.89. The fourth-order valence-corrected chi connectivity index (χ4v) is 2.50. The first-order valence-corrected chi connectivity index (χ1v) is 5.60. The second kappa shape index (κ2) is 4.68. The van der Waals surface area contributed by atoms with Crippen LogP contribution in [0.3, 0.4) is 0 Å². The van der Waals surface area contributed by atoms with Crippen LogP contribution < -0.4 is 5.32 Å². The van der Waals surface area contributed by atoms with E-state index in [9.17, 15) is 4.79 Å². The van der Waals surface area contributed by atoms with Crippen molar-refractivity contribution in [3.8, 4) is 0 Å². The largest absolute Gasteiger partial charge is 0.303 e. The van der Waals surface area contributed by atoms with Crippen molar-refractivity contribution >= 4 is 22.8 Å². The summed E-state index contributed by atoms with van der Waals surface area (Å²) < 4.78 is 0. The maximum atomic E-state index is 11.5. The smallest absolute Gasteiger partial charge is 0.239 e. The molecule has 0 aromatic heterocycles. The fraction of sp³-hybridized carbons (Fsp3) is 0.778. The molecule has 0 bridgehead atoms. The van der Waals surface area contributed by atoms with Gasteiger partial charge in [-0.05, 0) is 12.3 Å². The van der Waals surface area contributed by atoms with Crippen LogP contribution in [0.25, 0.3) is 0 Å². The summed E-state index contributed by atoms with van der Waals surface area (Å²) in [5.74, 6) is 0.626. The van der Waals surface area contributed by atoms with Gasteiger partial charge in [-0.3, -0.25) is 4.79 Å². The first kappa shape index (κ1) is 11.4. The highest BCUT2D eigenvalue weighted by Gasteiger charge is 2.30. The third kappa shape index (κ3) is 3.21. The average molecular weight is 215 g/mol. The molecule has 1 rings (SSSR count). The summed E-state index contributed by atoms with van der Waals surface area (Å²) in [6, 6.07) is 0. The van der Waals surface area contributed by atoms with Gasteiger partial charge in [-0.2, -0.15) is 5.10 Å². The molecule has 1 unspecified atom stereocenters. The van der Waals surface area contributed by atoms with Gasteiger partial charge in [0.2, 0.25) is 5.91 Å². The molecule has 0 spiro atoms. The summed E-state index contributed by atoms with van der Waals surface area (Å²) in [6.45, 7) is 4.24. The molecule has 0 saturated carbocycles. The standard InChI is InChI=1S/C9H17N3OS/c1-6(2)5-7-8(13)10-9(14-7)11-12(3)4/h6-7H,5H2,1-4H3,(H,10,11,13). The minimum absolute atomic E-state index is 0.0358. The van der Waals surface area contributed by atoms with Crippen molar-refractivity contribution < 1.29 is 4.79 Å². The van der Waals surface area contributed by atoms with Crippen LogP contribution in [0.1, 0.15) is 20.3 Å². The lowest BCUT2D eigenvalue weighted by Gasteiger charge is -2.07. The zero-order valence-electron chi connectivity index (χ0n) is 9.07. The molecule has 1 aliphatic rings. The van der Waals surface area contributed by atoms with Crippen LogP contribution >= 0.6 is 11.8 Å². The molecule has 80 valence electrons. The molecular weight excluding hydrogens is 198 g/mol. The van der Waals surface area contributed by atoms with E-state index >= 15 is 0 Å². The molecule has 4 nitrogen and oxygen atoms in total. The predicted molar refractivity (Wildman–Crippen MR) is 60.1 cm³/mol. The van der Waals surface area contributed by atoms with Crippen molar-refractivity contribution in [2.75, 3.05) is 14.1 Å². The van der Waals surface area contributed by atoms with Gasteiger partial charge in [-0.15, -0.1) is 0 Å². The average Bonchev–Trinajstić information content (AvgIpc) is 2.28. The summed E-state index contributed by atoms with van der Waals surface area (Å²) >= 11 is 1.52. The Kier molecular flexibility index (Phi) is 3.80. The molecule has 1 amide bonds. The topological polar surface area (TPSA) is 44.7 Å². The van der Waals surface area contributed by atoms with Gasteiger partial charge in [0, 0.05) is 14.1 Å². The van der Waals surface area contributed by atoms with Crippen LogP contribution in [0.5, 0.6) is 0 Å². The summed E-state index contributed by atoms with van der Waals surface area (Å²) in [5.41, 5.74) is 0. The molecule has 1 N–H and O–H groups in total. The molecule has 1 aliphatic heterocycles. The molecular formula is C9H17N3OS. The van der Waals surface area contributed by atoms with E-state index in [1.165, 1.54) is 11.8 Å². The Labute approximate surface area is 89.1 Å². The molecule has 0 radical (unpaired) electrons. The van der Waals surface area contributed by atoms with Crippen molar-refractivity contribution in [3.05, 3.63) is 0 Å². The summed E-state index contributed by atoms with van der Waals surface area (Å²) in [6.07, 6.45) is 0.906. The Morgan fingerprint density at radius 1 is 1.57 bits per heavy atom. The normalized spacial score (nSPS) is 24.5. The van der Waals surface area contributed by atoms with Gasteiger partial charge in [0.05, 0.1) is 5.25 Å². The van der Waals surface area contributed by atoms with Crippen molar-refractivity contribution in [1.82, 2.24) is 10.3 Å². The number of rotatable bonds is 3. The Balaban J connectivity index is 2.56. The van der Waals surface area contributed by atoms with Gasteiger partial charge in [-0.25, -0.2) is 0 Å². The molecule has 5 heteroatoms. The van der Waals surface area contributed by atoms with Crippen molar-refractivity contribution in [2.45, 2.75) is 25.5 Å².